The molecule has 0 unspecified atom stereocenters. The maximum atomic E-state index is 13.6. The summed E-state index contributed by atoms with van der Waals surface area (Å²) in [6.45, 7) is 9.13. The van der Waals surface area contributed by atoms with Crippen LogP contribution in [-0.4, -0.2) is 82.4 Å². The van der Waals surface area contributed by atoms with Crippen LogP contribution in [0.2, 0.25) is 0 Å². The van der Waals surface area contributed by atoms with Crippen LogP contribution in [0.3, 0.4) is 0 Å². The molecule has 18 heteroatoms. The van der Waals surface area contributed by atoms with Crippen molar-refractivity contribution in [2.75, 3.05) is 18.4 Å². The van der Waals surface area contributed by atoms with Crippen molar-refractivity contribution in [3.63, 3.8) is 0 Å². The van der Waals surface area contributed by atoms with E-state index in [1.165, 1.54) is 36.4 Å². The highest BCUT2D eigenvalue weighted by Crippen LogP contribution is 2.19. The molecule has 2 aromatic carbocycles. The fraction of sp³-hybridized carbons (Fsp3) is 0.475. The molecule has 1 heterocycles. The highest BCUT2D eigenvalue weighted by atomic mass is 16.7. The van der Waals surface area contributed by atoms with E-state index >= 15 is 0 Å². The third-order valence-electron chi connectivity index (χ3n) is 8.50. The maximum Gasteiger partial charge on any atom is 0.514 e. The van der Waals surface area contributed by atoms with Gasteiger partial charge in [-0.15, -0.1) is 0 Å². The van der Waals surface area contributed by atoms with Crippen molar-refractivity contribution in [1.29, 1.82) is 0 Å². The number of benzene rings is 2. The zero-order valence-electron chi connectivity index (χ0n) is 33.4. The smallest absolute Gasteiger partial charge is 0.444 e. The number of hydrogen-bond donors (Lipinski definition) is 4. The quantitative estimate of drug-likeness (QED) is 0.0323. The predicted octanol–water partition coefficient (Wildman–Crippen LogP) is 5.05. The Hall–Kier alpha value is -6.33. The van der Waals surface area contributed by atoms with Gasteiger partial charge in [0.15, 0.2) is 0 Å². The molecule has 0 radical (unpaired) electrons. The summed E-state index contributed by atoms with van der Waals surface area (Å²) in [6, 6.07) is 9.32. The summed E-state index contributed by atoms with van der Waals surface area (Å²) in [7, 11) is 0. The van der Waals surface area contributed by atoms with Crippen molar-refractivity contribution >= 4 is 53.2 Å². The molecule has 314 valence electrons. The number of amides is 6. The Morgan fingerprint density at radius 3 is 2.09 bits per heavy atom. The minimum Gasteiger partial charge on any atom is -0.444 e. The molecular formula is C40H52N6O12. The number of unbranched alkanes of at least 4 members (excludes halogenated alkanes) is 3. The number of anilines is 1. The Bertz CT molecular complexity index is 1790. The van der Waals surface area contributed by atoms with Crippen LogP contribution in [0.1, 0.15) is 85.1 Å². The van der Waals surface area contributed by atoms with Crippen LogP contribution < -0.4 is 26.0 Å². The Morgan fingerprint density at radius 2 is 1.48 bits per heavy atom. The molecule has 0 aromatic heterocycles. The first-order chi connectivity index (χ1) is 27.4. The Balaban J connectivity index is 1.56. The van der Waals surface area contributed by atoms with Crippen LogP contribution >= 0.6 is 0 Å². The van der Waals surface area contributed by atoms with Crippen molar-refractivity contribution in [3.8, 4) is 5.75 Å². The largest absolute Gasteiger partial charge is 0.514 e. The van der Waals surface area contributed by atoms with E-state index in [-0.39, 0.29) is 67.6 Å². The van der Waals surface area contributed by atoms with Gasteiger partial charge in [0.05, 0.1) is 4.92 Å². The lowest BCUT2D eigenvalue weighted by atomic mass is 10.0. The monoisotopic (exact) mass is 808 g/mol. The van der Waals surface area contributed by atoms with E-state index in [1.54, 1.807) is 58.9 Å². The number of alkyl carbamates (subject to hydrolysis) is 1. The molecule has 1 aliphatic heterocycles. The number of nitrogens with one attached hydrogen (secondary N) is 4. The van der Waals surface area contributed by atoms with E-state index in [1.807, 2.05) is 0 Å². The third-order valence-corrected chi connectivity index (χ3v) is 8.50. The van der Waals surface area contributed by atoms with Crippen molar-refractivity contribution in [2.24, 2.45) is 5.92 Å². The molecule has 0 saturated carbocycles. The lowest BCUT2D eigenvalue weighted by molar-refractivity contribution is -0.384. The van der Waals surface area contributed by atoms with Crippen molar-refractivity contribution in [2.45, 2.75) is 104 Å². The average Bonchev–Trinajstić information content (AvgIpc) is 3.47. The molecule has 1 aliphatic rings. The van der Waals surface area contributed by atoms with Gasteiger partial charge in [0.25, 0.3) is 17.5 Å². The number of imide groups is 1. The second-order valence-electron chi connectivity index (χ2n) is 14.8. The van der Waals surface area contributed by atoms with Crippen molar-refractivity contribution < 1.29 is 52.7 Å². The lowest BCUT2D eigenvalue weighted by Gasteiger charge is -2.25. The highest BCUT2D eigenvalue weighted by molar-refractivity contribution is 6.12. The second kappa shape index (κ2) is 22.4. The van der Waals surface area contributed by atoms with E-state index in [9.17, 15) is 43.7 Å². The first kappa shape index (κ1) is 46.1. The number of nitrogens with zero attached hydrogens (tertiary/aromatic N) is 2. The number of nitro groups is 1. The number of hydrogen-bond acceptors (Lipinski definition) is 12. The standard InChI is InChI=1S/C40H52N6O12/c1-26(2)35(44-32(47)12-7-6-10-24-45-33(48)21-22-34(45)49)37(51)43-31(11-8-9-23-41-38(52)58-40(3,4)5)36(50)42-28-15-13-27(14-16-28)25-56-39(53)57-30-19-17-29(18-20-30)46(54)55/h13-22,26,31,35H,6-12,23-25H2,1-5H3,(H,41,52)(H,42,50)(H,43,51)(H,44,47)/t31-,35-/m0/s1. The van der Waals surface area contributed by atoms with Gasteiger partial charge < -0.3 is 35.5 Å². The van der Waals surface area contributed by atoms with Crippen LogP contribution in [0.5, 0.6) is 5.75 Å². The number of carbonyl (C=O) groups excluding carboxylic acids is 7. The molecule has 18 nitrogen and oxygen atoms in total. The molecule has 0 spiro atoms. The zero-order valence-corrected chi connectivity index (χ0v) is 33.4. The summed E-state index contributed by atoms with van der Waals surface area (Å²) < 4.78 is 15.4. The molecule has 0 saturated heterocycles. The fourth-order valence-corrected chi connectivity index (χ4v) is 5.49. The van der Waals surface area contributed by atoms with Gasteiger partial charge in [-0.2, -0.15) is 0 Å². The summed E-state index contributed by atoms with van der Waals surface area (Å²) in [6.07, 6.45) is 3.66. The van der Waals surface area contributed by atoms with Crippen LogP contribution in [0.15, 0.2) is 60.7 Å². The van der Waals surface area contributed by atoms with Gasteiger partial charge >= 0.3 is 12.2 Å². The van der Waals surface area contributed by atoms with E-state index in [4.69, 9.17) is 14.2 Å². The van der Waals surface area contributed by atoms with Crippen LogP contribution in [0.25, 0.3) is 0 Å². The van der Waals surface area contributed by atoms with Gasteiger partial charge in [-0.3, -0.25) is 39.0 Å². The third kappa shape index (κ3) is 16.4. The topological polar surface area (TPSA) is 242 Å². The van der Waals surface area contributed by atoms with Crippen molar-refractivity contribution in [1.82, 2.24) is 20.9 Å². The van der Waals surface area contributed by atoms with Gasteiger partial charge in [0.2, 0.25) is 17.7 Å². The molecular weight excluding hydrogens is 756 g/mol. The normalized spacial score (nSPS) is 13.4. The minimum atomic E-state index is -1.02. The number of nitro benzene ring substituents is 1. The van der Waals surface area contributed by atoms with Gasteiger partial charge in [0, 0.05) is 49.5 Å². The van der Waals surface area contributed by atoms with E-state index < -0.39 is 46.7 Å². The Labute approximate surface area is 336 Å². The molecule has 0 fully saturated rings. The Kier molecular flexibility index (Phi) is 17.8. The lowest BCUT2D eigenvalue weighted by Crippen LogP contribution is -2.54. The predicted molar refractivity (Wildman–Crippen MR) is 210 cm³/mol. The first-order valence-corrected chi connectivity index (χ1v) is 19.0. The van der Waals surface area contributed by atoms with E-state index in [0.29, 0.717) is 43.4 Å². The van der Waals surface area contributed by atoms with Crippen LogP contribution in [0, 0.1) is 16.0 Å². The SMILES string of the molecule is CC(C)[C@H](NC(=O)CCCCCN1C(=O)C=CC1=O)C(=O)N[C@@H](CCCCNC(=O)OC(C)(C)C)C(=O)Nc1ccc(COC(=O)Oc2ccc([N+](=O)[O-])cc2)cc1. The molecule has 6 amide bonds. The molecule has 58 heavy (non-hydrogen) atoms. The maximum absolute atomic E-state index is 13.6. The number of carbonyl (C=O) groups is 7. The second-order valence-corrected chi connectivity index (χ2v) is 14.8. The van der Waals surface area contributed by atoms with E-state index in [0.717, 1.165) is 4.90 Å². The van der Waals surface area contributed by atoms with Gasteiger partial charge in [-0.25, -0.2) is 9.59 Å². The van der Waals surface area contributed by atoms with Gasteiger partial charge in [0.1, 0.15) is 30.0 Å². The highest BCUT2D eigenvalue weighted by Gasteiger charge is 2.29. The number of rotatable bonds is 21. The fourth-order valence-electron chi connectivity index (χ4n) is 5.49. The summed E-state index contributed by atoms with van der Waals surface area (Å²) in [5.74, 6) is -2.42. The Morgan fingerprint density at radius 1 is 0.828 bits per heavy atom. The van der Waals surface area contributed by atoms with Crippen LogP contribution in [-0.2, 0) is 40.1 Å². The minimum absolute atomic E-state index is 0.0644. The first-order valence-electron chi connectivity index (χ1n) is 19.0. The number of ether oxygens (including phenoxy) is 3. The summed E-state index contributed by atoms with van der Waals surface area (Å²) >= 11 is 0. The summed E-state index contributed by atoms with van der Waals surface area (Å²) in [4.78, 5) is 99.0. The summed E-state index contributed by atoms with van der Waals surface area (Å²) in [5, 5.41) is 21.8. The molecule has 0 bridgehead atoms. The molecule has 0 aliphatic carbocycles. The molecule has 2 aromatic rings. The summed E-state index contributed by atoms with van der Waals surface area (Å²) in [5.41, 5.74) is 0.121. The molecule has 3 rings (SSSR count). The van der Waals surface area contributed by atoms with Gasteiger partial charge in [-0.05, 0) is 88.6 Å². The molecule has 2 atom stereocenters. The van der Waals surface area contributed by atoms with Gasteiger partial charge in [-0.1, -0.05) is 32.4 Å². The number of non-ortho nitro benzene ring substituents is 1. The van der Waals surface area contributed by atoms with E-state index in [2.05, 4.69) is 21.3 Å². The zero-order chi connectivity index (χ0) is 42.8. The molecule has 4 N–H and O–H groups in total. The van der Waals surface area contributed by atoms with Crippen molar-refractivity contribution in [3.05, 3.63) is 76.4 Å². The average molecular weight is 809 g/mol. The van der Waals surface area contributed by atoms with Crippen LogP contribution in [0.4, 0.5) is 21.0 Å².